The van der Waals surface area contributed by atoms with Crippen molar-refractivity contribution in [2.75, 3.05) is 17.1 Å². The first-order valence-electron chi connectivity index (χ1n) is 4.94. The van der Waals surface area contributed by atoms with Gasteiger partial charge in [-0.1, -0.05) is 6.08 Å². The predicted octanol–water partition coefficient (Wildman–Crippen LogP) is 0.509. The van der Waals surface area contributed by atoms with Gasteiger partial charge in [-0.05, 0) is 5.41 Å². The van der Waals surface area contributed by atoms with Crippen LogP contribution < -0.4 is 10.0 Å². The van der Waals surface area contributed by atoms with Crippen LogP contribution in [0.15, 0.2) is 17.7 Å². The van der Waals surface area contributed by atoms with Crippen LogP contribution in [-0.4, -0.2) is 30.7 Å². The van der Waals surface area contributed by atoms with Crippen LogP contribution in [0, 0.1) is 0 Å². The smallest absolute Gasteiger partial charge is 0.243 e. The summed E-state index contributed by atoms with van der Waals surface area (Å²) in [7, 11) is -1.85. The average molecular weight is 270 g/mol. The quantitative estimate of drug-likeness (QED) is 0.738. The minimum atomic E-state index is -3.36. The van der Waals surface area contributed by atoms with E-state index in [9.17, 15) is 8.42 Å². The molecule has 1 aromatic rings. The highest BCUT2D eigenvalue weighted by Gasteiger charge is 2.45. The molecule has 0 radical (unpaired) electrons. The van der Waals surface area contributed by atoms with E-state index in [0.29, 0.717) is 11.4 Å². The van der Waals surface area contributed by atoms with Crippen molar-refractivity contribution in [3.05, 3.63) is 23.4 Å². The summed E-state index contributed by atoms with van der Waals surface area (Å²) >= 11 is 1.45. The number of nitrogen functional groups attached to an aromatic ring is 1. The summed E-state index contributed by atoms with van der Waals surface area (Å²) in [5.74, 6) is 0.169. The second kappa shape index (κ2) is 3.36. The van der Waals surface area contributed by atoms with Gasteiger partial charge in [0.25, 0.3) is 0 Å². The first-order chi connectivity index (χ1) is 8.01. The minimum Gasteiger partial charge on any atom is -0.368 e. The molecule has 0 bridgehead atoms. The molecule has 17 heavy (non-hydrogen) atoms. The minimum absolute atomic E-state index is 0.169. The maximum Gasteiger partial charge on any atom is 0.243 e. The van der Waals surface area contributed by atoms with Crippen LogP contribution in [-0.2, 0) is 10.0 Å². The second-order valence-corrected chi connectivity index (χ2v) is 7.04. The molecular weight excluding hydrogens is 260 g/mol. The summed E-state index contributed by atoms with van der Waals surface area (Å²) in [4.78, 5) is 8.03. The number of nitrogens with two attached hydrogens (primary N) is 1. The first-order valence-corrected chi connectivity index (χ1v) is 7.38. The van der Waals surface area contributed by atoms with Gasteiger partial charge in [0.05, 0.1) is 22.8 Å². The number of thioether (sulfide) groups is 1. The summed E-state index contributed by atoms with van der Waals surface area (Å²) in [6.07, 6.45) is 3.16. The summed E-state index contributed by atoms with van der Waals surface area (Å²) in [5, 5.41) is 1.03. The Kier molecular flexibility index (Phi) is 2.14. The highest BCUT2D eigenvalue weighted by Crippen LogP contribution is 2.49. The molecule has 2 unspecified atom stereocenters. The fraction of sp³-hybridized carbons (Fsp3) is 0.333. The summed E-state index contributed by atoms with van der Waals surface area (Å²) in [6.45, 7) is 0. The second-order valence-electron chi connectivity index (χ2n) is 3.86. The highest BCUT2D eigenvalue weighted by molar-refractivity contribution is 8.04. The third-order valence-corrected chi connectivity index (χ3v) is 6.32. The van der Waals surface area contributed by atoms with Gasteiger partial charge < -0.3 is 5.73 Å². The SMILES string of the molecule is CN1c2cnc(N)nc2C2SC=CC2S1(=O)=O. The fourth-order valence-electron chi connectivity index (χ4n) is 2.04. The van der Waals surface area contributed by atoms with Crippen molar-refractivity contribution < 1.29 is 8.42 Å². The molecule has 0 aromatic carbocycles. The lowest BCUT2D eigenvalue weighted by atomic mass is 10.2. The Hall–Kier alpha value is -1.28. The number of sulfonamides is 1. The van der Waals surface area contributed by atoms with E-state index in [4.69, 9.17) is 5.73 Å². The van der Waals surface area contributed by atoms with Gasteiger partial charge in [0, 0.05) is 7.05 Å². The van der Waals surface area contributed by atoms with Crippen LogP contribution in [0.2, 0.25) is 0 Å². The van der Waals surface area contributed by atoms with Gasteiger partial charge in [-0.25, -0.2) is 18.4 Å². The van der Waals surface area contributed by atoms with E-state index < -0.39 is 15.3 Å². The summed E-state index contributed by atoms with van der Waals surface area (Å²) in [6, 6.07) is 0. The molecule has 1 aromatic heterocycles. The number of hydrogen-bond acceptors (Lipinski definition) is 6. The van der Waals surface area contributed by atoms with Gasteiger partial charge >= 0.3 is 0 Å². The number of fused-ring (bicyclic) bond motifs is 3. The molecule has 0 saturated heterocycles. The molecule has 2 N–H and O–H groups in total. The van der Waals surface area contributed by atoms with Crippen molar-refractivity contribution in [2.45, 2.75) is 10.5 Å². The van der Waals surface area contributed by atoms with Crippen molar-refractivity contribution in [1.82, 2.24) is 9.97 Å². The maximum absolute atomic E-state index is 12.2. The van der Waals surface area contributed by atoms with E-state index in [2.05, 4.69) is 9.97 Å². The third kappa shape index (κ3) is 1.37. The van der Waals surface area contributed by atoms with Crippen LogP contribution in [0.4, 0.5) is 11.6 Å². The van der Waals surface area contributed by atoms with E-state index in [1.54, 1.807) is 11.5 Å². The van der Waals surface area contributed by atoms with E-state index >= 15 is 0 Å². The van der Waals surface area contributed by atoms with Crippen molar-refractivity contribution in [3.8, 4) is 0 Å². The summed E-state index contributed by atoms with van der Waals surface area (Å²) in [5.41, 5.74) is 6.76. The lowest BCUT2D eigenvalue weighted by Crippen LogP contribution is -2.42. The Labute approximate surface area is 103 Å². The zero-order valence-corrected chi connectivity index (χ0v) is 10.6. The molecule has 8 heteroatoms. The van der Waals surface area contributed by atoms with Gasteiger partial charge in [0.1, 0.15) is 5.25 Å². The molecule has 0 fully saturated rings. The fourth-order valence-corrected chi connectivity index (χ4v) is 5.22. The lowest BCUT2D eigenvalue weighted by molar-refractivity contribution is 0.581. The molecule has 3 heterocycles. The van der Waals surface area contributed by atoms with Crippen LogP contribution in [0.25, 0.3) is 0 Å². The zero-order chi connectivity index (χ0) is 12.2. The van der Waals surface area contributed by atoms with Crippen molar-refractivity contribution in [3.63, 3.8) is 0 Å². The van der Waals surface area contributed by atoms with Crippen LogP contribution in [0.3, 0.4) is 0 Å². The van der Waals surface area contributed by atoms with Crippen molar-refractivity contribution >= 4 is 33.4 Å². The molecule has 2 atom stereocenters. The molecule has 90 valence electrons. The third-order valence-electron chi connectivity index (χ3n) is 2.94. The monoisotopic (exact) mass is 270 g/mol. The lowest BCUT2D eigenvalue weighted by Gasteiger charge is -2.33. The number of rotatable bonds is 0. The Morgan fingerprint density at radius 1 is 1.53 bits per heavy atom. The molecule has 3 rings (SSSR count). The molecular formula is C9H10N4O2S2. The number of anilines is 2. The number of hydrogen-bond donors (Lipinski definition) is 1. The molecule has 0 aliphatic carbocycles. The van der Waals surface area contributed by atoms with Gasteiger partial charge in [-0.3, -0.25) is 4.31 Å². The maximum atomic E-state index is 12.2. The van der Waals surface area contributed by atoms with Crippen LogP contribution in [0.5, 0.6) is 0 Å². The first kappa shape index (κ1) is 10.8. The normalized spacial score (nSPS) is 28.9. The Bertz CT molecular complexity index is 613. The number of aromatic nitrogens is 2. The van der Waals surface area contributed by atoms with E-state index in [0.717, 1.165) is 0 Å². The van der Waals surface area contributed by atoms with Gasteiger partial charge in [0.2, 0.25) is 16.0 Å². The molecule has 0 spiro atoms. The molecule has 0 amide bonds. The van der Waals surface area contributed by atoms with Gasteiger partial charge in [-0.2, -0.15) is 0 Å². The van der Waals surface area contributed by atoms with E-state index in [-0.39, 0.29) is 11.2 Å². The van der Waals surface area contributed by atoms with Gasteiger partial charge in [0.15, 0.2) is 0 Å². The van der Waals surface area contributed by atoms with Crippen LogP contribution in [0.1, 0.15) is 10.9 Å². The zero-order valence-electron chi connectivity index (χ0n) is 8.94. The Morgan fingerprint density at radius 3 is 3.06 bits per heavy atom. The largest absolute Gasteiger partial charge is 0.368 e. The van der Waals surface area contributed by atoms with Crippen LogP contribution >= 0.6 is 11.8 Å². The standard InChI is InChI=1S/C9H10N4O2S2/c1-13-5-4-11-9(10)12-7(5)8-6(2-3-16-8)17(13,14)15/h2-4,6,8H,1H3,(H2,10,11,12). The topological polar surface area (TPSA) is 89.2 Å². The van der Waals surface area contributed by atoms with Gasteiger partial charge in [-0.15, -0.1) is 11.8 Å². The molecule has 2 aliphatic heterocycles. The molecule has 2 aliphatic rings. The van der Waals surface area contributed by atoms with Crippen molar-refractivity contribution in [2.24, 2.45) is 0 Å². The summed E-state index contributed by atoms with van der Waals surface area (Å²) < 4.78 is 25.7. The number of nitrogens with zero attached hydrogens (tertiary/aromatic N) is 3. The molecule has 0 saturated carbocycles. The van der Waals surface area contributed by atoms with E-state index in [1.807, 2.05) is 0 Å². The average Bonchev–Trinajstić information content (AvgIpc) is 2.76. The van der Waals surface area contributed by atoms with E-state index in [1.165, 1.54) is 29.3 Å². The Morgan fingerprint density at radius 2 is 2.29 bits per heavy atom. The molecule has 6 nitrogen and oxygen atoms in total. The predicted molar refractivity (Wildman–Crippen MR) is 67.0 cm³/mol. The van der Waals surface area contributed by atoms with Crippen molar-refractivity contribution in [1.29, 1.82) is 0 Å². The Balaban J connectivity index is 2.27. The highest BCUT2D eigenvalue weighted by atomic mass is 32.2.